The number of aromatic nitrogens is 9. The van der Waals surface area contributed by atoms with E-state index in [9.17, 15) is 24.5 Å². The molecule has 24 nitrogen and oxygen atoms in total. The van der Waals surface area contributed by atoms with Gasteiger partial charge in [0.25, 0.3) is 11.5 Å². The Kier molecular flexibility index (Phi) is 14.5. The molecule has 2 unspecified atom stereocenters. The van der Waals surface area contributed by atoms with Crippen molar-refractivity contribution in [3.05, 3.63) is 58.9 Å². The maximum absolute atomic E-state index is 17.0. The lowest BCUT2D eigenvalue weighted by atomic mass is 10.1. The van der Waals surface area contributed by atoms with Gasteiger partial charge < -0.3 is 46.7 Å². The van der Waals surface area contributed by atoms with Gasteiger partial charge in [-0.25, -0.2) is 19.3 Å². The summed E-state index contributed by atoms with van der Waals surface area (Å²) in [7, 11) is -8.04. The number of imidazole rings is 1. The summed E-state index contributed by atoms with van der Waals surface area (Å²) >= 11 is 0. The zero-order valence-corrected chi connectivity index (χ0v) is 40.1. The van der Waals surface area contributed by atoms with Crippen molar-refractivity contribution < 1.29 is 55.4 Å². The summed E-state index contributed by atoms with van der Waals surface area (Å²) < 4.78 is 70.0. The molecular weight excluding hydrogens is 938 g/mol. The van der Waals surface area contributed by atoms with Crippen molar-refractivity contribution in [1.82, 2.24) is 44.5 Å². The molecule has 7 heterocycles. The van der Waals surface area contributed by atoms with E-state index in [1.807, 2.05) is 39.9 Å². The second kappa shape index (κ2) is 20.0. The van der Waals surface area contributed by atoms with E-state index in [2.05, 4.69) is 45.9 Å². The first-order chi connectivity index (χ1) is 31.9. The third kappa shape index (κ3) is 10.3. The maximum atomic E-state index is 17.0. The molecule has 0 saturated carbocycles. The second-order valence-corrected chi connectivity index (χ2v) is 24.4. The van der Waals surface area contributed by atoms with E-state index in [1.54, 1.807) is 44.2 Å². The molecule has 10 atom stereocenters. The minimum atomic E-state index is -2.85. The van der Waals surface area contributed by atoms with Gasteiger partial charge >= 0.3 is 17.2 Å². The molecule has 3 aliphatic heterocycles. The van der Waals surface area contributed by atoms with E-state index < -0.39 is 105 Å². The molecule has 3 fully saturated rings. The van der Waals surface area contributed by atoms with Crippen LogP contribution in [0.5, 0.6) is 0 Å². The zero-order valence-electron chi connectivity index (χ0n) is 37.3. The van der Waals surface area contributed by atoms with Crippen LogP contribution in [0.15, 0.2) is 47.8 Å². The minimum Gasteiger partial charge on any atom is -0.408 e. The molecule has 3 saturated heterocycles. The van der Waals surface area contributed by atoms with Crippen molar-refractivity contribution in [3.8, 4) is 6.07 Å². The summed E-state index contributed by atoms with van der Waals surface area (Å²) in [6.45, 7) is 12.5. The van der Waals surface area contributed by atoms with Crippen molar-refractivity contribution in [1.29, 1.82) is 5.26 Å². The molecule has 0 aliphatic carbocycles. The Bertz CT molecular complexity index is 2690. The lowest BCUT2D eigenvalue weighted by Crippen LogP contribution is -2.50. The van der Waals surface area contributed by atoms with Gasteiger partial charge in [0.2, 0.25) is 11.9 Å². The number of ether oxygens (including phenoxy) is 2. The number of rotatable bonds is 11. The molecule has 2 amide bonds. The Labute approximate surface area is 385 Å². The van der Waals surface area contributed by atoms with Gasteiger partial charge in [0.05, 0.1) is 38.6 Å². The van der Waals surface area contributed by atoms with Crippen LogP contribution in [0.1, 0.15) is 63.9 Å². The third-order valence-corrected chi connectivity index (χ3v) is 18.0. The largest absolute Gasteiger partial charge is 0.408 e. The number of carbonyl (C=O) groups is 2. The molecule has 3 aliphatic rings. The Morgan fingerprint density at radius 3 is 2.51 bits per heavy atom. The van der Waals surface area contributed by atoms with Crippen molar-refractivity contribution >= 4 is 71.4 Å². The number of nitrogens with one attached hydrogen (secondary N) is 3. The SMILES string of the molecule is CC(C)C(=O)Nc1nc2c(ncn2[C@@H]2O[C@@H]3COP(OCCC#N)O[C@H]4[C@H](F)[C@H](n5nnc6c(NC(=O)c7ccccc7)ncnc65)O[C@@H]4COP(O)O[C@H]2[C@@H]3O[Si](C)(C)C(C)(C)C)c(=O)[nH]1. The van der Waals surface area contributed by atoms with Crippen LogP contribution in [0.4, 0.5) is 16.2 Å². The molecule has 28 heteroatoms. The zero-order chi connectivity index (χ0) is 47.8. The molecular formula is C39H49FN12O12P2Si. The van der Waals surface area contributed by atoms with Crippen molar-refractivity contribution in [2.24, 2.45) is 5.92 Å². The fourth-order valence-corrected chi connectivity index (χ4v) is 10.2. The number of aromatic amines is 1. The first-order valence-electron chi connectivity index (χ1n) is 21.1. The van der Waals surface area contributed by atoms with Crippen LogP contribution in [0.2, 0.25) is 18.1 Å². The highest BCUT2D eigenvalue weighted by Crippen LogP contribution is 2.52. The number of fused-ring (bicyclic) bond motifs is 5. The van der Waals surface area contributed by atoms with Gasteiger partial charge in [0.15, 0.2) is 55.1 Å². The molecule has 5 aromatic rings. The summed E-state index contributed by atoms with van der Waals surface area (Å²) in [6, 6.07) is 10.4. The van der Waals surface area contributed by atoms with Gasteiger partial charge in [-0.1, -0.05) is 58.0 Å². The number of benzene rings is 1. The lowest BCUT2D eigenvalue weighted by molar-refractivity contribution is -0.118. The van der Waals surface area contributed by atoms with Gasteiger partial charge in [-0.3, -0.25) is 29.3 Å². The number of hydrogen-bond donors (Lipinski definition) is 4. The quantitative estimate of drug-likeness (QED) is 0.0776. The van der Waals surface area contributed by atoms with Gasteiger partial charge in [-0.05, 0) is 30.3 Å². The average molecular weight is 987 g/mol. The Morgan fingerprint density at radius 2 is 1.78 bits per heavy atom. The molecule has 4 N–H and O–H groups in total. The second-order valence-electron chi connectivity index (χ2n) is 17.5. The molecule has 358 valence electrons. The third-order valence-electron chi connectivity index (χ3n) is 11.6. The topological polar surface area (TPSA) is 296 Å². The number of carbonyl (C=O) groups excluding carboxylic acids is 2. The van der Waals surface area contributed by atoms with Gasteiger partial charge in [0, 0.05) is 11.5 Å². The average Bonchev–Trinajstić information content (AvgIpc) is 4.06. The number of nitriles is 1. The monoisotopic (exact) mass is 986 g/mol. The van der Waals surface area contributed by atoms with E-state index >= 15 is 4.39 Å². The van der Waals surface area contributed by atoms with Crippen LogP contribution in [0.25, 0.3) is 22.3 Å². The molecule has 2 bridgehead atoms. The molecule has 1 aromatic carbocycles. The number of amides is 2. The highest BCUT2D eigenvalue weighted by molar-refractivity contribution is 7.41. The first kappa shape index (κ1) is 48.6. The number of alkyl halides is 1. The lowest BCUT2D eigenvalue weighted by Gasteiger charge is -2.40. The summed E-state index contributed by atoms with van der Waals surface area (Å²) in [5, 5.41) is 22.6. The normalized spacial score (nSPS) is 27.2. The molecule has 67 heavy (non-hydrogen) atoms. The summed E-state index contributed by atoms with van der Waals surface area (Å²) in [5.74, 6) is -1.42. The maximum Gasteiger partial charge on any atom is 0.333 e. The molecule has 4 aromatic heterocycles. The van der Waals surface area contributed by atoms with Crippen LogP contribution >= 0.6 is 17.2 Å². The fraction of sp³-hybridized carbons (Fsp3) is 0.538. The van der Waals surface area contributed by atoms with E-state index in [0.29, 0.717) is 5.56 Å². The number of nitrogens with zero attached hydrogens (tertiary/aromatic N) is 9. The van der Waals surface area contributed by atoms with Crippen LogP contribution < -0.4 is 16.2 Å². The Hall–Kier alpha value is -4.87. The highest BCUT2D eigenvalue weighted by atomic mass is 31.2. The Morgan fingerprint density at radius 1 is 1.03 bits per heavy atom. The standard InChI is InChI=1S/C39H49FN12O12P2Si/c1-20(2)33(53)47-38-46-32-26(35(55)48-38)44-19-51(32)37-29-28(64-67(6,7)39(3,4)5)23(61-37)17-59-66(57-15-11-14-41)63-27-22(16-58-65(56)62-29)60-36(24(27)40)52-31-25(49-50-52)30(42-18-43-31)45-34(54)21-12-9-8-10-13-21/h8-10,12-13,18-20,22-24,27-29,36-37,56H,11,15-17H2,1-7H3,(H,42,43,45,54)(H2,46,47,48,53,55)/t22-,23-,24+,27-,28-,29+,36-,37-,65?,66?/m1/s1. The predicted molar refractivity (Wildman–Crippen MR) is 238 cm³/mol. The number of H-pyrrole nitrogens is 1. The van der Waals surface area contributed by atoms with Crippen LogP contribution in [0, 0.1) is 17.2 Å². The number of halogens is 1. The summed E-state index contributed by atoms with van der Waals surface area (Å²) in [4.78, 5) is 70.2. The smallest absolute Gasteiger partial charge is 0.333 e. The van der Waals surface area contributed by atoms with Gasteiger partial charge in [-0.15, -0.1) is 5.10 Å². The van der Waals surface area contributed by atoms with Crippen LogP contribution in [-0.2, 0) is 41.3 Å². The molecule has 0 spiro atoms. The minimum absolute atomic E-state index is 0.0159. The fourth-order valence-electron chi connectivity index (χ4n) is 6.99. The van der Waals surface area contributed by atoms with E-state index in [-0.39, 0.29) is 58.8 Å². The van der Waals surface area contributed by atoms with Gasteiger partial charge in [0.1, 0.15) is 36.8 Å². The summed E-state index contributed by atoms with van der Waals surface area (Å²) in [6.07, 6.45) is -8.31. The number of hydrogen-bond acceptors (Lipinski definition) is 19. The highest BCUT2D eigenvalue weighted by Gasteiger charge is 2.55. The van der Waals surface area contributed by atoms with Gasteiger partial charge in [-0.2, -0.15) is 14.9 Å². The van der Waals surface area contributed by atoms with E-state index in [1.165, 1.54) is 10.9 Å². The summed E-state index contributed by atoms with van der Waals surface area (Å²) in [5.41, 5.74) is -0.288. The van der Waals surface area contributed by atoms with Crippen LogP contribution in [0.3, 0.4) is 0 Å². The van der Waals surface area contributed by atoms with E-state index in [0.717, 1.165) is 11.0 Å². The predicted octanol–water partition coefficient (Wildman–Crippen LogP) is 4.92. The Balaban J connectivity index is 1.12. The van der Waals surface area contributed by atoms with Crippen molar-refractivity contribution in [2.45, 2.75) is 108 Å². The first-order valence-corrected chi connectivity index (χ1v) is 26.3. The van der Waals surface area contributed by atoms with Crippen LogP contribution in [-0.4, -0.2) is 126 Å². The number of anilines is 2. The molecule has 8 rings (SSSR count). The van der Waals surface area contributed by atoms with Crippen molar-refractivity contribution in [3.63, 3.8) is 0 Å². The molecule has 0 radical (unpaired) electrons. The van der Waals surface area contributed by atoms with E-state index in [4.69, 9.17) is 36.5 Å². The van der Waals surface area contributed by atoms with Crippen molar-refractivity contribution in [2.75, 3.05) is 30.5 Å².